The number of hydrogen-bond donors (Lipinski definition) is 2. The summed E-state index contributed by atoms with van der Waals surface area (Å²) in [4.78, 5) is 7.96. The van der Waals surface area contributed by atoms with E-state index in [0.29, 0.717) is 0 Å². The van der Waals surface area contributed by atoms with Crippen LogP contribution in [0, 0.1) is 0 Å². The Labute approximate surface area is 121 Å². The second kappa shape index (κ2) is 5.74. The molecule has 0 saturated carbocycles. The summed E-state index contributed by atoms with van der Waals surface area (Å²) < 4.78 is 4.51. The van der Waals surface area contributed by atoms with Crippen molar-refractivity contribution in [3.8, 4) is 5.88 Å². The van der Waals surface area contributed by atoms with E-state index in [1.807, 2.05) is 12.1 Å². The van der Waals surface area contributed by atoms with Crippen LogP contribution in [0.1, 0.15) is 25.3 Å². The molecule has 7 nitrogen and oxygen atoms in total. The van der Waals surface area contributed by atoms with Crippen LogP contribution in [0.2, 0.25) is 0 Å². The Bertz CT molecular complexity index is 739. The Kier molecular flexibility index (Phi) is 3.63. The summed E-state index contributed by atoms with van der Waals surface area (Å²) in [5.41, 5.74) is 2.52. The SMILES string of the molecule is CCCCc1ccc(Nc2nc3nonc3nc2O)cc1. The molecular weight excluding hydrogens is 270 g/mol. The molecule has 0 aliphatic heterocycles. The molecule has 3 rings (SSSR count). The van der Waals surface area contributed by atoms with E-state index in [-0.39, 0.29) is 23.0 Å². The molecule has 0 unspecified atom stereocenters. The van der Waals surface area contributed by atoms with Gasteiger partial charge >= 0.3 is 0 Å². The molecular formula is C14H15N5O2. The quantitative estimate of drug-likeness (QED) is 0.743. The molecule has 0 aliphatic rings. The maximum absolute atomic E-state index is 9.81. The number of anilines is 2. The van der Waals surface area contributed by atoms with E-state index in [1.54, 1.807) is 0 Å². The third-order valence-corrected chi connectivity index (χ3v) is 3.13. The first kappa shape index (κ1) is 13.3. The summed E-state index contributed by atoms with van der Waals surface area (Å²) in [5, 5.41) is 19.9. The molecule has 7 heteroatoms. The van der Waals surface area contributed by atoms with Crippen LogP contribution in [0.25, 0.3) is 11.3 Å². The molecule has 0 bridgehead atoms. The molecule has 0 radical (unpaired) electrons. The second-order valence-electron chi connectivity index (χ2n) is 4.73. The number of unbranched alkanes of at least 4 members (excludes halogenated alkanes) is 1. The molecule has 108 valence electrons. The largest absolute Gasteiger partial charge is 0.491 e. The number of aromatic nitrogens is 4. The molecule has 2 N–H and O–H groups in total. The fourth-order valence-corrected chi connectivity index (χ4v) is 1.99. The number of benzene rings is 1. The van der Waals surface area contributed by atoms with Gasteiger partial charge in [0.15, 0.2) is 5.82 Å². The van der Waals surface area contributed by atoms with E-state index < -0.39 is 0 Å². The Balaban J connectivity index is 1.79. The highest BCUT2D eigenvalue weighted by Crippen LogP contribution is 2.24. The van der Waals surface area contributed by atoms with Crippen molar-refractivity contribution in [2.24, 2.45) is 0 Å². The van der Waals surface area contributed by atoms with Gasteiger partial charge in [-0.3, -0.25) is 0 Å². The van der Waals surface area contributed by atoms with Gasteiger partial charge in [0.25, 0.3) is 5.88 Å². The predicted octanol–water partition coefficient (Wildman–Crippen LogP) is 2.80. The predicted molar refractivity (Wildman–Crippen MR) is 77.4 cm³/mol. The minimum absolute atomic E-state index is 0.174. The maximum atomic E-state index is 9.81. The Hall–Kier alpha value is -2.70. The Morgan fingerprint density at radius 3 is 2.52 bits per heavy atom. The topological polar surface area (TPSA) is 97.0 Å². The summed E-state index contributed by atoms with van der Waals surface area (Å²) in [5.74, 6) is -0.0206. The lowest BCUT2D eigenvalue weighted by Gasteiger charge is -2.07. The monoisotopic (exact) mass is 285 g/mol. The number of aryl methyl sites for hydroxylation is 1. The van der Waals surface area contributed by atoms with Crippen LogP contribution in [0.15, 0.2) is 28.9 Å². The summed E-state index contributed by atoms with van der Waals surface area (Å²) in [6.07, 6.45) is 3.42. The maximum Gasteiger partial charge on any atom is 0.257 e. The molecule has 2 aromatic heterocycles. The van der Waals surface area contributed by atoms with E-state index in [4.69, 9.17) is 0 Å². The minimum Gasteiger partial charge on any atom is -0.491 e. The minimum atomic E-state index is -0.242. The van der Waals surface area contributed by atoms with Crippen LogP contribution in [0.5, 0.6) is 5.88 Å². The first-order valence-electron chi connectivity index (χ1n) is 6.81. The molecule has 1 aromatic carbocycles. The standard InChI is InChI=1S/C14H15N5O2/c1-2-3-4-9-5-7-10(8-6-9)15-13-14(20)17-12-11(16-13)18-21-19-12/h5-8H,2-4H2,1H3,(H,15,16,18)(H,17,19,20). The van der Waals surface area contributed by atoms with Crippen molar-refractivity contribution in [1.82, 2.24) is 20.3 Å². The highest BCUT2D eigenvalue weighted by molar-refractivity contribution is 5.70. The molecule has 21 heavy (non-hydrogen) atoms. The van der Waals surface area contributed by atoms with Gasteiger partial charge in [-0.2, -0.15) is 9.97 Å². The van der Waals surface area contributed by atoms with Gasteiger partial charge in [0.1, 0.15) is 0 Å². The first-order valence-corrected chi connectivity index (χ1v) is 6.81. The van der Waals surface area contributed by atoms with Gasteiger partial charge in [-0.1, -0.05) is 25.5 Å². The third-order valence-electron chi connectivity index (χ3n) is 3.13. The van der Waals surface area contributed by atoms with Crippen molar-refractivity contribution < 1.29 is 9.74 Å². The van der Waals surface area contributed by atoms with Crippen LogP contribution in [-0.4, -0.2) is 25.4 Å². The average molecular weight is 285 g/mol. The molecule has 0 saturated heterocycles. The van der Waals surface area contributed by atoms with E-state index in [1.165, 1.54) is 18.4 Å². The Morgan fingerprint density at radius 1 is 1.10 bits per heavy atom. The molecule has 0 fully saturated rings. The van der Waals surface area contributed by atoms with Crippen molar-refractivity contribution in [1.29, 1.82) is 0 Å². The zero-order valence-electron chi connectivity index (χ0n) is 11.6. The van der Waals surface area contributed by atoms with Crippen LogP contribution < -0.4 is 5.32 Å². The first-order chi connectivity index (χ1) is 10.3. The van der Waals surface area contributed by atoms with Gasteiger partial charge < -0.3 is 10.4 Å². The molecule has 3 aromatic rings. The lowest BCUT2D eigenvalue weighted by molar-refractivity contribution is 0.314. The number of nitrogens with zero attached hydrogens (tertiary/aromatic N) is 4. The number of fused-ring (bicyclic) bond motifs is 1. The van der Waals surface area contributed by atoms with Gasteiger partial charge in [-0.05, 0) is 40.9 Å². The molecule has 0 atom stereocenters. The van der Waals surface area contributed by atoms with Gasteiger partial charge in [0.2, 0.25) is 11.3 Å². The lowest BCUT2D eigenvalue weighted by Crippen LogP contribution is -1.97. The summed E-state index contributed by atoms with van der Waals surface area (Å²) in [6, 6.07) is 7.99. The second-order valence-corrected chi connectivity index (χ2v) is 4.73. The van der Waals surface area contributed by atoms with Crippen LogP contribution >= 0.6 is 0 Å². The van der Waals surface area contributed by atoms with Gasteiger partial charge in [-0.15, -0.1) is 0 Å². The van der Waals surface area contributed by atoms with E-state index in [2.05, 4.69) is 49.3 Å². The van der Waals surface area contributed by atoms with Crippen molar-refractivity contribution in [3.05, 3.63) is 29.8 Å². The van der Waals surface area contributed by atoms with Crippen LogP contribution in [0.4, 0.5) is 11.5 Å². The van der Waals surface area contributed by atoms with Crippen molar-refractivity contribution in [2.45, 2.75) is 26.2 Å². The van der Waals surface area contributed by atoms with Gasteiger partial charge in [0.05, 0.1) is 0 Å². The van der Waals surface area contributed by atoms with Crippen molar-refractivity contribution in [3.63, 3.8) is 0 Å². The normalized spacial score (nSPS) is 10.9. The fraction of sp³-hybridized carbons (Fsp3) is 0.286. The number of rotatable bonds is 5. The average Bonchev–Trinajstić information content (AvgIpc) is 2.94. The summed E-state index contributed by atoms with van der Waals surface area (Å²) in [7, 11) is 0. The zero-order valence-corrected chi connectivity index (χ0v) is 11.6. The molecule has 2 heterocycles. The van der Waals surface area contributed by atoms with E-state index >= 15 is 0 Å². The highest BCUT2D eigenvalue weighted by atomic mass is 16.6. The smallest absolute Gasteiger partial charge is 0.257 e. The molecule has 0 spiro atoms. The van der Waals surface area contributed by atoms with Crippen molar-refractivity contribution in [2.75, 3.05) is 5.32 Å². The van der Waals surface area contributed by atoms with Crippen LogP contribution in [0.3, 0.4) is 0 Å². The number of aromatic hydroxyl groups is 1. The third kappa shape index (κ3) is 2.91. The summed E-state index contributed by atoms with van der Waals surface area (Å²) >= 11 is 0. The fourth-order valence-electron chi connectivity index (χ4n) is 1.99. The van der Waals surface area contributed by atoms with E-state index in [9.17, 15) is 5.11 Å². The Morgan fingerprint density at radius 2 is 1.81 bits per heavy atom. The zero-order chi connectivity index (χ0) is 14.7. The molecule has 0 aliphatic carbocycles. The summed E-state index contributed by atoms with van der Waals surface area (Å²) in [6.45, 7) is 2.17. The van der Waals surface area contributed by atoms with Crippen molar-refractivity contribution >= 4 is 22.8 Å². The lowest BCUT2D eigenvalue weighted by atomic mass is 10.1. The highest BCUT2D eigenvalue weighted by Gasteiger charge is 2.11. The van der Waals surface area contributed by atoms with Gasteiger partial charge in [0, 0.05) is 5.69 Å². The van der Waals surface area contributed by atoms with Crippen LogP contribution in [-0.2, 0) is 6.42 Å². The number of nitrogens with one attached hydrogen (secondary N) is 1. The van der Waals surface area contributed by atoms with Gasteiger partial charge in [-0.25, -0.2) is 4.63 Å². The molecule has 0 amide bonds. The number of hydrogen-bond acceptors (Lipinski definition) is 7. The van der Waals surface area contributed by atoms with E-state index in [0.717, 1.165) is 12.1 Å².